The molecule has 124 valence electrons. The van der Waals surface area contributed by atoms with Crippen molar-refractivity contribution in [3.05, 3.63) is 23.8 Å². The predicted molar refractivity (Wildman–Crippen MR) is 90.1 cm³/mol. The summed E-state index contributed by atoms with van der Waals surface area (Å²) in [5.74, 6) is 0.685. The van der Waals surface area contributed by atoms with E-state index in [-0.39, 0.29) is 6.10 Å². The van der Waals surface area contributed by atoms with Crippen LogP contribution in [0, 0.1) is 0 Å². The molecular formula is C17H29N3O2. The summed E-state index contributed by atoms with van der Waals surface area (Å²) in [6, 6.07) is 5.58. The summed E-state index contributed by atoms with van der Waals surface area (Å²) in [6.07, 6.45) is 0.346. The molecule has 2 rings (SSSR count). The lowest BCUT2D eigenvalue weighted by Crippen LogP contribution is -2.44. The highest BCUT2D eigenvalue weighted by atomic mass is 16.5. The Hall–Kier alpha value is -1.30. The van der Waals surface area contributed by atoms with Gasteiger partial charge in [0.15, 0.2) is 0 Å². The van der Waals surface area contributed by atoms with Crippen molar-refractivity contribution in [1.82, 2.24) is 9.80 Å². The Kier molecular flexibility index (Phi) is 6.06. The van der Waals surface area contributed by atoms with Gasteiger partial charge in [-0.2, -0.15) is 0 Å². The number of nitrogens with zero attached hydrogens (tertiary/aromatic N) is 2. The van der Waals surface area contributed by atoms with Crippen LogP contribution in [0.1, 0.15) is 31.9 Å². The molecule has 0 bridgehead atoms. The maximum Gasteiger partial charge on any atom is 0.142 e. The zero-order valence-electron chi connectivity index (χ0n) is 14.0. The molecule has 0 saturated carbocycles. The normalized spacial score (nSPS) is 18.6. The molecule has 1 unspecified atom stereocenters. The second-order valence-electron chi connectivity index (χ2n) is 6.41. The van der Waals surface area contributed by atoms with Gasteiger partial charge in [-0.15, -0.1) is 0 Å². The second-order valence-corrected chi connectivity index (χ2v) is 6.41. The lowest BCUT2D eigenvalue weighted by Gasteiger charge is -2.32. The van der Waals surface area contributed by atoms with Crippen molar-refractivity contribution < 1.29 is 9.84 Å². The Morgan fingerprint density at radius 1 is 1.23 bits per heavy atom. The van der Waals surface area contributed by atoms with Gasteiger partial charge in [0.05, 0.1) is 17.9 Å². The van der Waals surface area contributed by atoms with E-state index in [2.05, 4.69) is 16.8 Å². The molecule has 1 aromatic rings. The number of likely N-dealkylation sites (N-methyl/N-ethyl adjacent to an activating group) is 1. The minimum atomic E-state index is -0.477. The predicted octanol–water partition coefficient (Wildman–Crippen LogP) is 1.73. The average molecular weight is 307 g/mol. The number of aliphatic hydroxyl groups is 1. The molecule has 1 atom stereocenters. The molecule has 0 aromatic heterocycles. The molecule has 22 heavy (non-hydrogen) atoms. The molecule has 1 aromatic carbocycles. The monoisotopic (exact) mass is 307 g/mol. The summed E-state index contributed by atoms with van der Waals surface area (Å²) in [7, 11) is 2.15. The number of rotatable bonds is 6. The minimum Gasteiger partial charge on any atom is -0.489 e. The van der Waals surface area contributed by atoms with E-state index in [4.69, 9.17) is 10.5 Å². The zero-order valence-corrected chi connectivity index (χ0v) is 14.0. The molecular weight excluding hydrogens is 278 g/mol. The standard InChI is InChI=1S/C17H29N3O2/c1-13(2)22-17-5-4-14(12-15(17)18)16(21)6-7-20-10-8-19(3)9-11-20/h4-5,12-13,16,21H,6-11,18H2,1-3H3. The number of nitrogen functional groups attached to an aromatic ring is 1. The van der Waals surface area contributed by atoms with E-state index >= 15 is 0 Å². The number of ether oxygens (including phenoxy) is 1. The van der Waals surface area contributed by atoms with E-state index < -0.39 is 6.10 Å². The average Bonchev–Trinajstić information content (AvgIpc) is 2.48. The highest BCUT2D eigenvalue weighted by molar-refractivity contribution is 5.54. The number of nitrogens with two attached hydrogens (primary N) is 1. The highest BCUT2D eigenvalue weighted by Gasteiger charge is 2.16. The van der Waals surface area contributed by atoms with E-state index in [1.807, 2.05) is 32.0 Å². The summed E-state index contributed by atoms with van der Waals surface area (Å²) in [5.41, 5.74) is 7.46. The van der Waals surface area contributed by atoms with Crippen LogP contribution in [0.2, 0.25) is 0 Å². The van der Waals surface area contributed by atoms with Crippen LogP contribution in [0.5, 0.6) is 5.75 Å². The van der Waals surface area contributed by atoms with Crippen molar-refractivity contribution in [3.63, 3.8) is 0 Å². The maximum atomic E-state index is 10.4. The van der Waals surface area contributed by atoms with Crippen LogP contribution in [0.15, 0.2) is 18.2 Å². The number of hydrogen-bond acceptors (Lipinski definition) is 5. The summed E-state index contributed by atoms with van der Waals surface area (Å²) >= 11 is 0. The van der Waals surface area contributed by atoms with Gasteiger partial charge in [0.1, 0.15) is 5.75 Å². The first-order valence-corrected chi connectivity index (χ1v) is 8.10. The van der Waals surface area contributed by atoms with Crippen molar-refractivity contribution in [3.8, 4) is 5.75 Å². The Balaban J connectivity index is 1.87. The van der Waals surface area contributed by atoms with Gasteiger partial charge in [-0.25, -0.2) is 0 Å². The molecule has 0 radical (unpaired) electrons. The van der Waals surface area contributed by atoms with E-state index in [0.717, 1.165) is 44.7 Å². The highest BCUT2D eigenvalue weighted by Crippen LogP contribution is 2.27. The summed E-state index contributed by atoms with van der Waals surface area (Å²) in [4.78, 5) is 4.74. The minimum absolute atomic E-state index is 0.0929. The molecule has 1 fully saturated rings. The number of hydrogen-bond donors (Lipinski definition) is 2. The molecule has 3 N–H and O–H groups in total. The fourth-order valence-electron chi connectivity index (χ4n) is 2.68. The van der Waals surface area contributed by atoms with Crippen LogP contribution in [0.3, 0.4) is 0 Å². The van der Waals surface area contributed by atoms with Crippen molar-refractivity contribution in [1.29, 1.82) is 0 Å². The molecule has 5 nitrogen and oxygen atoms in total. The van der Waals surface area contributed by atoms with E-state index in [1.54, 1.807) is 0 Å². The van der Waals surface area contributed by atoms with Crippen LogP contribution in [0.25, 0.3) is 0 Å². The van der Waals surface area contributed by atoms with Crippen LogP contribution in [-0.4, -0.2) is 60.8 Å². The molecule has 1 saturated heterocycles. The Morgan fingerprint density at radius 3 is 2.50 bits per heavy atom. The topological polar surface area (TPSA) is 62.0 Å². The fraction of sp³-hybridized carbons (Fsp3) is 0.647. The van der Waals surface area contributed by atoms with Crippen molar-refractivity contribution in [2.45, 2.75) is 32.5 Å². The van der Waals surface area contributed by atoms with Gasteiger partial charge in [0.25, 0.3) is 0 Å². The van der Waals surface area contributed by atoms with E-state index in [0.29, 0.717) is 11.4 Å². The van der Waals surface area contributed by atoms with Crippen LogP contribution in [0.4, 0.5) is 5.69 Å². The maximum absolute atomic E-state index is 10.4. The summed E-state index contributed by atoms with van der Waals surface area (Å²) in [5, 5.41) is 10.4. The first kappa shape index (κ1) is 17.1. The molecule has 1 aliphatic heterocycles. The third kappa shape index (κ3) is 4.87. The first-order chi connectivity index (χ1) is 10.5. The first-order valence-electron chi connectivity index (χ1n) is 8.10. The van der Waals surface area contributed by atoms with Crippen molar-refractivity contribution in [2.75, 3.05) is 45.5 Å². The number of aliphatic hydroxyl groups excluding tert-OH is 1. The van der Waals surface area contributed by atoms with Gasteiger partial charge >= 0.3 is 0 Å². The van der Waals surface area contributed by atoms with Crippen LogP contribution in [-0.2, 0) is 0 Å². The summed E-state index contributed by atoms with van der Waals surface area (Å²) < 4.78 is 5.63. The molecule has 0 spiro atoms. The Labute approximate surface area is 133 Å². The smallest absolute Gasteiger partial charge is 0.142 e. The lowest BCUT2D eigenvalue weighted by atomic mass is 10.0. The van der Waals surface area contributed by atoms with E-state index in [9.17, 15) is 5.11 Å². The van der Waals surface area contributed by atoms with Gasteiger partial charge in [-0.3, -0.25) is 0 Å². The van der Waals surface area contributed by atoms with E-state index in [1.165, 1.54) is 0 Å². The van der Waals surface area contributed by atoms with Gasteiger partial charge in [0, 0.05) is 32.7 Å². The fourth-order valence-corrected chi connectivity index (χ4v) is 2.68. The zero-order chi connectivity index (χ0) is 16.1. The largest absolute Gasteiger partial charge is 0.489 e. The quantitative estimate of drug-likeness (QED) is 0.784. The van der Waals surface area contributed by atoms with Crippen LogP contribution >= 0.6 is 0 Å². The SMILES string of the molecule is CC(C)Oc1ccc(C(O)CCN2CCN(C)CC2)cc1N. The number of piperazine rings is 1. The van der Waals surface area contributed by atoms with Gasteiger partial charge in [-0.05, 0) is 45.0 Å². The van der Waals surface area contributed by atoms with Crippen molar-refractivity contribution >= 4 is 5.69 Å². The van der Waals surface area contributed by atoms with Gasteiger partial charge < -0.3 is 25.4 Å². The van der Waals surface area contributed by atoms with Gasteiger partial charge in [-0.1, -0.05) is 6.07 Å². The molecule has 0 aliphatic carbocycles. The Bertz CT molecular complexity index is 471. The second kappa shape index (κ2) is 7.81. The summed E-state index contributed by atoms with van der Waals surface area (Å²) in [6.45, 7) is 9.21. The number of anilines is 1. The lowest BCUT2D eigenvalue weighted by molar-refractivity contribution is 0.113. The third-order valence-corrected chi connectivity index (χ3v) is 4.10. The Morgan fingerprint density at radius 2 is 1.91 bits per heavy atom. The van der Waals surface area contributed by atoms with Gasteiger partial charge in [0.2, 0.25) is 0 Å². The third-order valence-electron chi connectivity index (χ3n) is 4.10. The molecule has 1 heterocycles. The van der Waals surface area contributed by atoms with Crippen molar-refractivity contribution in [2.24, 2.45) is 0 Å². The molecule has 1 aliphatic rings. The number of benzene rings is 1. The molecule has 0 amide bonds. The van der Waals surface area contributed by atoms with Crippen LogP contribution < -0.4 is 10.5 Å². The molecule has 5 heteroatoms.